The minimum atomic E-state index is -0.348. The van der Waals surface area contributed by atoms with Crippen LogP contribution in [0.4, 0.5) is 0 Å². The highest BCUT2D eigenvalue weighted by Gasteiger charge is 2.48. The number of ether oxygens (including phenoxy) is 1. The molecule has 1 amide bonds. The Kier molecular flexibility index (Phi) is 3.53. The van der Waals surface area contributed by atoms with Crippen LogP contribution in [0.25, 0.3) is 0 Å². The normalized spacial score (nSPS) is 21.7. The highest BCUT2D eigenvalue weighted by molar-refractivity contribution is 6.00. The molecule has 2 aromatic rings. The zero-order chi connectivity index (χ0) is 16.6. The van der Waals surface area contributed by atoms with Crippen molar-refractivity contribution in [2.24, 2.45) is 0 Å². The number of carbonyl (C=O) groups excluding carboxylic acids is 1. The first-order chi connectivity index (χ1) is 11.7. The lowest BCUT2D eigenvalue weighted by molar-refractivity contribution is 0.0590. The molecule has 1 atom stereocenters. The second kappa shape index (κ2) is 5.71. The minimum Gasteiger partial charge on any atom is -0.497 e. The number of methoxy groups -OCH3 is 1. The van der Waals surface area contributed by atoms with Crippen LogP contribution in [0.3, 0.4) is 0 Å². The van der Waals surface area contributed by atoms with Gasteiger partial charge in [-0.25, -0.2) is 0 Å². The van der Waals surface area contributed by atoms with Crippen LogP contribution < -0.4 is 10.1 Å². The van der Waals surface area contributed by atoms with Gasteiger partial charge in [0, 0.05) is 18.7 Å². The molecule has 0 bridgehead atoms. The third-order valence-electron chi connectivity index (χ3n) is 4.98. The molecule has 1 N–H and O–H groups in total. The van der Waals surface area contributed by atoms with Crippen molar-refractivity contribution >= 4 is 5.91 Å². The number of hydrogen-bond donors (Lipinski definition) is 1. The number of fused-ring (bicyclic) bond motifs is 2. The summed E-state index contributed by atoms with van der Waals surface area (Å²) in [6, 6.07) is 15.9. The quantitative estimate of drug-likeness (QED) is 0.945. The molecule has 0 radical (unpaired) electrons. The SMILES string of the molecule is COc1ccc(CN2C(=O)c3ccccc3C23C=CNCC3)cc1. The molecule has 122 valence electrons. The first-order valence-electron chi connectivity index (χ1n) is 8.20. The van der Waals surface area contributed by atoms with Crippen molar-refractivity contribution in [3.8, 4) is 5.75 Å². The van der Waals surface area contributed by atoms with E-state index in [9.17, 15) is 4.79 Å². The zero-order valence-corrected chi connectivity index (χ0v) is 13.7. The van der Waals surface area contributed by atoms with Crippen molar-refractivity contribution < 1.29 is 9.53 Å². The maximum atomic E-state index is 13.0. The van der Waals surface area contributed by atoms with E-state index >= 15 is 0 Å². The van der Waals surface area contributed by atoms with Gasteiger partial charge in [0.25, 0.3) is 5.91 Å². The summed E-state index contributed by atoms with van der Waals surface area (Å²) in [5, 5.41) is 3.25. The standard InChI is InChI=1S/C20H20N2O2/c1-24-16-8-6-15(7-9-16)14-22-19(23)17-4-2-3-5-18(17)20(22)10-12-21-13-11-20/h2-10,12,21H,11,13-14H2,1H3. The molecule has 24 heavy (non-hydrogen) atoms. The van der Waals surface area contributed by atoms with Gasteiger partial charge in [-0.05, 0) is 48.0 Å². The second-order valence-corrected chi connectivity index (χ2v) is 6.25. The van der Waals surface area contributed by atoms with Gasteiger partial charge in [0.05, 0.1) is 12.6 Å². The van der Waals surface area contributed by atoms with Gasteiger partial charge in [0.15, 0.2) is 0 Å². The van der Waals surface area contributed by atoms with E-state index in [1.807, 2.05) is 53.6 Å². The van der Waals surface area contributed by atoms with Gasteiger partial charge < -0.3 is 15.0 Å². The van der Waals surface area contributed by atoms with Gasteiger partial charge in [-0.3, -0.25) is 4.79 Å². The number of nitrogens with zero attached hydrogens (tertiary/aromatic N) is 1. The molecule has 2 aliphatic rings. The molecule has 4 nitrogen and oxygen atoms in total. The third kappa shape index (κ3) is 2.18. The maximum absolute atomic E-state index is 13.0. The highest BCUT2D eigenvalue weighted by Crippen LogP contribution is 2.44. The van der Waals surface area contributed by atoms with Crippen LogP contribution in [0.1, 0.15) is 27.9 Å². The molecular weight excluding hydrogens is 300 g/mol. The van der Waals surface area contributed by atoms with Crippen LogP contribution in [0, 0.1) is 0 Å². The smallest absolute Gasteiger partial charge is 0.255 e. The molecule has 4 rings (SSSR count). The van der Waals surface area contributed by atoms with Gasteiger partial charge in [-0.15, -0.1) is 0 Å². The lowest BCUT2D eigenvalue weighted by Crippen LogP contribution is -2.45. The minimum absolute atomic E-state index is 0.105. The summed E-state index contributed by atoms with van der Waals surface area (Å²) >= 11 is 0. The van der Waals surface area contributed by atoms with Crippen molar-refractivity contribution in [2.45, 2.75) is 18.5 Å². The Morgan fingerprint density at radius 2 is 1.96 bits per heavy atom. The lowest BCUT2D eigenvalue weighted by atomic mass is 9.84. The van der Waals surface area contributed by atoms with Crippen molar-refractivity contribution in [1.29, 1.82) is 0 Å². The predicted octanol–water partition coefficient (Wildman–Crippen LogP) is 3.05. The third-order valence-corrected chi connectivity index (χ3v) is 4.98. The summed E-state index contributed by atoms with van der Waals surface area (Å²) in [7, 11) is 1.66. The molecule has 0 saturated carbocycles. The van der Waals surface area contributed by atoms with E-state index in [0.29, 0.717) is 6.54 Å². The Balaban J connectivity index is 1.74. The van der Waals surface area contributed by atoms with Crippen molar-refractivity contribution in [1.82, 2.24) is 10.2 Å². The summed E-state index contributed by atoms with van der Waals surface area (Å²) in [5.74, 6) is 0.930. The van der Waals surface area contributed by atoms with Crippen LogP contribution in [-0.2, 0) is 12.1 Å². The number of benzene rings is 2. The van der Waals surface area contributed by atoms with Gasteiger partial charge in [-0.1, -0.05) is 30.3 Å². The van der Waals surface area contributed by atoms with E-state index in [4.69, 9.17) is 4.74 Å². The van der Waals surface area contributed by atoms with Gasteiger partial charge in [0.1, 0.15) is 5.75 Å². The molecule has 2 heterocycles. The number of hydrogen-bond acceptors (Lipinski definition) is 3. The van der Waals surface area contributed by atoms with Crippen molar-refractivity contribution in [3.05, 3.63) is 77.5 Å². The molecule has 0 fully saturated rings. The molecular formula is C20H20N2O2. The summed E-state index contributed by atoms with van der Waals surface area (Å²) < 4.78 is 5.22. The number of carbonyl (C=O) groups is 1. The molecule has 1 spiro atoms. The Hall–Kier alpha value is -2.75. The maximum Gasteiger partial charge on any atom is 0.255 e. The first-order valence-corrected chi connectivity index (χ1v) is 8.20. The molecule has 1 unspecified atom stereocenters. The van der Waals surface area contributed by atoms with E-state index in [-0.39, 0.29) is 11.4 Å². The molecule has 2 aromatic carbocycles. The summed E-state index contributed by atoms with van der Waals surface area (Å²) in [5.41, 5.74) is 2.68. The Morgan fingerprint density at radius 3 is 2.67 bits per heavy atom. The molecule has 4 heteroatoms. The van der Waals surface area contributed by atoms with Crippen molar-refractivity contribution in [3.63, 3.8) is 0 Å². The Labute approximate surface area is 141 Å². The Morgan fingerprint density at radius 1 is 1.17 bits per heavy atom. The van der Waals surface area contributed by atoms with Crippen LogP contribution >= 0.6 is 0 Å². The summed E-state index contributed by atoms with van der Waals surface area (Å²) in [6.45, 7) is 1.44. The molecule has 0 aromatic heterocycles. The summed E-state index contributed by atoms with van der Waals surface area (Å²) in [6.07, 6.45) is 4.98. The zero-order valence-electron chi connectivity index (χ0n) is 13.7. The number of amides is 1. The first kappa shape index (κ1) is 14.8. The predicted molar refractivity (Wildman–Crippen MR) is 92.7 cm³/mol. The fourth-order valence-corrected chi connectivity index (χ4v) is 3.72. The van der Waals surface area contributed by atoms with Crippen LogP contribution in [0.5, 0.6) is 5.75 Å². The van der Waals surface area contributed by atoms with Crippen LogP contribution in [-0.4, -0.2) is 24.5 Å². The van der Waals surface area contributed by atoms with E-state index in [0.717, 1.165) is 35.4 Å². The Bertz CT molecular complexity index is 798. The number of rotatable bonds is 3. The highest BCUT2D eigenvalue weighted by atomic mass is 16.5. The van der Waals surface area contributed by atoms with Gasteiger partial charge >= 0.3 is 0 Å². The van der Waals surface area contributed by atoms with Crippen molar-refractivity contribution in [2.75, 3.05) is 13.7 Å². The van der Waals surface area contributed by atoms with E-state index in [1.54, 1.807) is 7.11 Å². The molecule has 0 aliphatic carbocycles. The number of nitrogens with one attached hydrogen (secondary N) is 1. The average molecular weight is 320 g/mol. The average Bonchev–Trinajstić information content (AvgIpc) is 2.86. The topological polar surface area (TPSA) is 41.6 Å². The van der Waals surface area contributed by atoms with E-state index in [1.165, 1.54) is 0 Å². The molecule has 2 aliphatic heterocycles. The monoisotopic (exact) mass is 320 g/mol. The summed E-state index contributed by atoms with van der Waals surface area (Å²) in [4.78, 5) is 15.0. The fraction of sp³-hybridized carbons (Fsp3) is 0.250. The van der Waals surface area contributed by atoms with Gasteiger partial charge in [-0.2, -0.15) is 0 Å². The lowest BCUT2D eigenvalue weighted by Gasteiger charge is -2.39. The van der Waals surface area contributed by atoms with Crippen LogP contribution in [0.15, 0.2) is 60.8 Å². The second-order valence-electron chi connectivity index (χ2n) is 6.25. The van der Waals surface area contributed by atoms with E-state index < -0.39 is 0 Å². The fourth-order valence-electron chi connectivity index (χ4n) is 3.72. The van der Waals surface area contributed by atoms with Gasteiger partial charge in [0.2, 0.25) is 0 Å². The largest absolute Gasteiger partial charge is 0.497 e. The van der Waals surface area contributed by atoms with Crippen LogP contribution in [0.2, 0.25) is 0 Å². The molecule has 0 saturated heterocycles. The van der Waals surface area contributed by atoms with E-state index in [2.05, 4.69) is 17.5 Å².